The maximum atomic E-state index is 12.3. The molecule has 0 aliphatic heterocycles. The molecule has 0 fully saturated rings. The van der Waals surface area contributed by atoms with Gasteiger partial charge in [-0.1, -0.05) is 0 Å². The Morgan fingerprint density at radius 3 is 2.32 bits per heavy atom. The summed E-state index contributed by atoms with van der Waals surface area (Å²) in [6.07, 6.45) is 0. The van der Waals surface area contributed by atoms with Crippen LogP contribution in [-0.2, 0) is 0 Å². The predicted molar refractivity (Wildman–Crippen MR) is 76.1 cm³/mol. The third-order valence-corrected chi connectivity index (χ3v) is 2.85. The molecule has 0 aliphatic rings. The van der Waals surface area contributed by atoms with Crippen molar-refractivity contribution in [2.75, 3.05) is 23.4 Å². The third kappa shape index (κ3) is 2.60. The summed E-state index contributed by atoms with van der Waals surface area (Å²) < 4.78 is 0. The molecule has 0 radical (unpaired) electrons. The number of rotatable bonds is 2. The number of amides is 1. The Morgan fingerprint density at radius 2 is 1.74 bits per heavy atom. The minimum Gasteiger partial charge on any atom is -0.508 e. The molecule has 2 rings (SSSR count). The fourth-order valence-electron chi connectivity index (χ4n) is 1.75. The van der Waals surface area contributed by atoms with E-state index in [0.717, 1.165) is 0 Å². The van der Waals surface area contributed by atoms with Gasteiger partial charge in [0.25, 0.3) is 5.91 Å². The van der Waals surface area contributed by atoms with E-state index in [4.69, 9.17) is 11.5 Å². The molecule has 5 nitrogen and oxygen atoms in total. The lowest BCUT2D eigenvalue weighted by atomic mass is 10.1. The zero-order chi connectivity index (χ0) is 14.0. The van der Waals surface area contributed by atoms with Crippen LogP contribution in [0.25, 0.3) is 0 Å². The van der Waals surface area contributed by atoms with Crippen molar-refractivity contribution in [1.82, 2.24) is 0 Å². The first-order valence-electron chi connectivity index (χ1n) is 5.71. The van der Waals surface area contributed by atoms with Gasteiger partial charge in [-0.25, -0.2) is 0 Å². The number of nitrogens with zero attached hydrogens (tertiary/aromatic N) is 1. The van der Waals surface area contributed by atoms with Crippen LogP contribution in [0.4, 0.5) is 17.1 Å². The SMILES string of the molecule is CN(C(=O)c1ccc(N)cc1N)c1ccc(O)cc1. The molecule has 0 heterocycles. The number of carbonyl (C=O) groups is 1. The largest absolute Gasteiger partial charge is 0.508 e. The van der Waals surface area contributed by atoms with E-state index < -0.39 is 0 Å². The van der Waals surface area contributed by atoms with Gasteiger partial charge in [0.2, 0.25) is 0 Å². The van der Waals surface area contributed by atoms with E-state index in [-0.39, 0.29) is 11.7 Å². The van der Waals surface area contributed by atoms with Gasteiger partial charge >= 0.3 is 0 Å². The molecule has 5 heteroatoms. The molecule has 0 bridgehead atoms. The van der Waals surface area contributed by atoms with Crippen molar-refractivity contribution in [1.29, 1.82) is 0 Å². The molecule has 2 aromatic rings. The second-order valence-corrected chi connectivity index (χ2v) is 4.23. The van der Waals surface area contributed by atoms with Gasteiger partial charge < -0.3 is 21.5 Å². The van der Waals surface area contributed by atoms with Crippen LogP contribution in [0.2, 0.25) is 0 Å². The quantitative estimate of drug-likeness (QED) is 0.715. The lowest BCUT2D eigenvalue weighted by Crippen LogP contribution is -2.27. The first-order valence-corrected chi connectivity index (χ1v) is 5.71. The summed E-state index contributed by atoms with van der Waals surface area (Å²) in [5.74, 6) is -0.0835. The van der Waals surface area contributed by atoms with Crippen molar-refractivity contribution in [2.45, 2.75) is 0 Å². The number of benzene rings is 2. The molecule has 2 aromatic carbocycles. The molecular formula is C14H15N3O2. The summed E-state index contributed by atoms with van der Waals surface area (Å²) in [4.78, 5) is 13.8. The number of hydrogen-bond acceptors (Lipinski definition) is 4. The number of anilines is 3. The Bertz CT molecular complexity index is 609. The highest BCUT2D eigenvalue weighted by Gasteiger charge is 2.16. The van der Waals surface area contributed by atoms with E-state index in [1.54, 1.807) is 37.4 Å². The summed E-state index contributed by atoms with van der Waals surface area (Å²) in [7, 11) is 1.64. The average molecular weight is 257 g/mol. The Morgan fingerprint density at radius 1 is 1.11 bits per heavy atom. The van der Waals surface area contributed by atoms with Gasteiger partial charge in [-0.2, -0.15) is 0 Å². The normalized spacial score (nSPS) is 10.2. The molecule has 0 aliphatic carbocycles. The monoisotopic (exact) mass is 257 g/mol. The third-order valence-electron chi connectivity index (χ3n) is 2.85. The molecule has 0 saturated heterocycles. The molecule has 0 unspecified atom stereocenters. The highest BCUT2D eigenvalue weighted by atomic mass is 16.3. The van der Waals surface area contributed by atoms with E-state index in [1.807, 2.05) is 0 Å². The fourth-order valence-corrected chi connectivity index (χ4v) is 1.75. The van der Waals surface area contributed by atoms with Gasteiger partial charge in [-0.15, -0.1) is 0 Å². The van der Waals surface area contributed by atoms with E-state index >= 15 is 0 Å². The van der Waals surface area contributed by atoms with Crippen LogP contribution in [0.15, 0.2) is 42.5 Å². The second kappa shape index (κ2) is 4.89. The van der Waals surface area contributed by atoms with Crippen LogP contribution in [0, 0.1) is 0 Å². The minimum absolute atomic E-state index is 0.150. The highest BCUT2D eigenvalue weighted by Crippen LogP contribution is 2.22. The van der Waals surface area contributed by atoms with Crippen LogP contribution in [0.3, 0.4) is 0 Å². The number of nitrogen functional groups attached to an aromatic ring is 2. The lowest BCUT2D eigenvalue weighted by molar-refractivity contribution is 0.0994. The molecule has 0 spiro atoms. The smallest absolute Gasteiger partial charge is 0.260 e. The second-order valence-electron chi connectivity index (χ2n) is 4.23. The summed E-state index contributed by atoms with van der Waals surface area (Å²) in [6.45, 7) is 0. The number of phenolic OH excluding ortho intramolecular Hbond substituents is 1. The molecular weight excluding hydrogens is 242 g/mol. The zero-order valence-corrected chi connectivity index (χ0v) is 10.5. The summed E-state index contributed by atoms with van der Waals surface area (Å²) in [6, 6.07) is 11.1. The Kier molecular flexibility index (Phi) is 3.29. The molecule has 98 valence electrons. The van der Waals surface area contributed by atoms with Crippen molar-refractivity contribution in [3.05, 3.63) is 48.0 Å². The summed E-state index contributed by atoms with van der Waals surface area (Å²) in [5.41, 5.74) is 13.3. The zero-order valence-electron chi connectivity index (χ0n) is 10.5. The Hall–Kier alpha value is -2.69. The predicted octanol–water partition coefficient (Wildman–Crippen LogP) is 1.83. The van der Waals surface area contributed by atoms with Gasteiger partial charge in [0.1, 0.15) is 5.75 Å². The first kappa shape index (κ1) is 12.8. The van der Waals surface area contributed by atoms with Crippen LogP contribution >= 0.6 is 0 Å². The Labute approximate surface area is 111 Å². The maximum absolute atomic E-state index is 12.3. The fraction of sp³-hybridized carbons (Fsp3) is 0.0714. The standard InChI is InChI=1S/C14H15N3O2/c1-17(10-3-5-11(18)6-4-10)14(19)12-7-2-9(15)8-13(12)16/h2-8,18H,15-16H2,1H3. The molecule has 1 amide bonds. The van der Waals surface area contributed by atoms with Gasteiger partial charge in [-0.3, -0.25) is 4.79 Å². The maximum Gasteiger partial charge on any atom is 0.260 e. The van der Waals surface area contributed by atoms with Crippen LogP contribution in [-0.4, -0.2) is 18.1 Å². The topological polar surface area (TPSA) is 92.6 Å². The molecule has 0 aromatic heterocycles. The average Bonchev–Trinajstić information content (AvgIpc) is 2.38. The van der Waals surface area contributed by atoms with E-state index in [0.29, 0.717) is 22.6 Å². The number of hydrogen-bond donors (Lipinski definition) is 3. The van der Waals surface area contributed by atoms with Crippen LogP contribution < -0.4 is 16.4 Å². The number of aromatic hydroxyl groups is 1. The molecule has 19 heavy (non-hydrogen) atoms. The molecule has 0 saturated carbocycles. The van der Waals surface area contributed by atoms with Crippen LogP contribution in [0.5, 0.6) is 5.75 Å². The van der Waals surface area contributed by atoms with Crippen molar-refractivity contribution < 1.29 is 9.90 Å². The molecule has 0 atom stereocenters. The summed E-state index contributed by atoms with van der Waals surface area (Å²) >= 11 is 0. The Balaban J connectivity index is 2.30. The van der Waals surface area contributed by atoms with E-state index in [9.17, 15) is 9.90 Å². The summed E-state index contributed by atoms with van der Waals surface area (Å²) in [5, 5.41) is 9.23. The first-order chi connectivity index (χ1) is 8.99. The highest BCUT2D eigenvalue weighted by molar-refractivity contribution is 6.09. The number of carbonyl (C=O) groups excluding carboxylic acids is 1. The van der Waals surface area contributed by atoms with Crippen molar-refractivity contribution in [3.8, 4) is 5.75 Å². The minimum atomic E-state index is -0.233. The van der Waals surface area contributed by atoms with Gasteiger partial charge in [0.15, 0.2) is 0 Å². The van der Waals surface area contributed by atoms with Crippen molar-refractivity contribution in [3.63, 3.8) is 0 Å². The lowest BCUT2D eigenvalue weighted by Gasteiger charge is -2.18. The van der Waals surface area contributed by atoms with Crippen molar-refractivity contribution >= 4 is 23.0 Å². The van der Waals surface area contributed by atoms with E-state index in [2.05, 4.69) is 0 Å². The van der Waals surface area contributed by atoms with Crippen molar-refractivity contribution in [2.24, 2.45) is 0 Å². The van der Waals surface area contributed by atoms with E-state index in [1.165, 1.54) is 17.0 Å². The molecule has 5 N–H and O–H groups in total. The number of phenols is 1. The van der Waals surface area contributed by atoms with Gasteiger partial charge in [0.05, 0.1) is 5.56 Å². The van der Waals surface area contributed by atoms with Gasteiger partial charge in [-0.05, 0) is 42.5 Å². The van der Waals surface area contributed by atoms with Crippen LogP contribution in [0.1, 0.15) is 10.4 Å². The van der Waals surface area contributed by atoms with Gasteiger partial charge in [0, 0.05) is 24.1 Å². The number of nitrogens with two attached hydrogens (primary N) is 2.